The van der Waals surface area contributed by atoms with Gasteiger partial charge in [-0.15, -0.1) is 0 Å². The third-order valence-corrected chi connectivity index (χ3v) is 3.78. The van der Waals surface area contributed by atoms with Crippen molar-refractivity contribution in [2.75, 3.05) is 6.54 Å². The van der Waals surface area contributed by atoms with Gasteiger partial charge in [0.15, 0.2) is 0 Å². The lowest BCUT2D eigenvalue weighted by molar-refractivity contribution is -0.137. The molecule has 2 rings (SSSR count). The lowest BCUT2D eigenvalue weighted by Gasteiger charge is -2.35. The van der Waals surface area contributed by atoms with Gasteiger partial charge in [-0.2, -0.15) is 0 Å². The Bertz CT molecular complexity index is 490. The summed E-state index contributed by atoms with van der Waals surface area (Å²) in [6.07, 6.45) is 4.91. The molecule has 1 fully saturated rings. The van der Waals surface area contributed by atoms with Gasteiger partial charge < -0.3 is 10.0 Å². The van der Waals surface area contributed by atoms with Crippen LogP contribution in [0.1, 0.15) is 42.5 Å². The number of nitrogens with zero attached hydrogens (tertiary/aromatic N) is 2. The molecule has 1 amide bonds. The molecule has 0 aromatic carbocycles. The number of likely N-dealkylation sites (tertiary alicyclic amines) is 1. The molecule has 20 heavy (non-hydrogen) atoms. The van der Waals surface area contributed by atoms with Crippen molar-refractivity contribution in [2.24, 2.45) is 0 Å². The lowest BCUT2D eigenvalue weighted by Crippen LogP contribution is -2.44. The van der Waals surface area contributed by atoms with Gasteiger partial charge in [0.25, 0.3) is 5.91 Å². The Morgan fingerprint density at radius 3 is 2.85 bits per heavy atom. The van der Waals surface area contributed by atoms with Crippen LogP contribution < -0.4 is 0 Å². The Hall–Kier alpha value is -1.62. The Balaban J connectivity index is 2.08. The number of pyridine rings is 1. The molecule has 108 valence electrons. The van der Waals surface area contributed by atoms with Crippen molar-refractivity contribution in [2.45, 2.75) is 38.1 Å². The minimum atomic E-state index is -0.823. The van der Waals surface area contributed by atoms with E-state index < -0.39 is 5.97 Å². The maximum atomic E-state index is 12.5. The predicted molar refractivity (Wildman–Crippen MR) is 74.8 cm³/mol. The molecule has 0 saturated carbocycles. The maximum absolute atomic E-state index is 12.5. The molecular weight excluding hydrogens is 280 g/mol. The standard InChI is InChI=1S/C14H17ClN2O3/c15-12-6-4-10(9-16-12)14(20)17-8-2-1-3-11(17)5-7-13(18)19/h4,6,9,11H,1-3,5,7-8H2,(H,18,19). The number of rotatable bonds is 4. The van der Waals surface area contributed by atoms with Crippen molar-refractivity contribution in [1.29, 1.82) is 0 Å². The molecule has 6 heteroatoms. The Morgan fingerprint density at radius 2 is 2.20 bits per heavy atom. The first kappa shape index (κ1) is 14.8. The van der Waals surface area contributed by atoms with Crippen molar-refractivity contribution < 1.29 is 14.7 Å². The predicted octanol–water partition coefficient (Wildman–Crippen LogP) is 2.59. The van der Waals surface area contributed by atoms with Gasteiger partial charge in [0, 0.05) is 25.2 Å². The van der Waals surface area contributed by atoms with Gasteiger partial charge in [0.1, 0.15) is 5.15 Å². The zero-order valence-electron chi connectivity index (χ0n) is 11.1. The molecule has 1 unspecified atom stereocenters. The van der Waals surface area contributed by atoms with Gasteiger partial charge in [0.2, 0.25) is 0 Å². The second-order valence-corrected chi connectivity index (χ2v) is 5.34. The van der Waals surface area contributed by atoms with E-state index in [2.05, 4.69) is 4.98 Å². The van der Waals surface area contributed by atoms with Crippen LogP contribution in [0.25, 0.3) is 0 Å². The highest BCUT2D eigenvalue weighted by molar-refractivity contribution is 6.29. The number of carbonyl (C=O) groups excluding carboxylic acids is 1. The van der Waals surface area contributed by atoms with Gasteiger partial charge in [0.05, 0.1) is 5.56 Å². The summed E-state index contributed by atoms with van der Waals surface area (Å²) in [5, 5.41) is 9.14. The normalized spacial score (nSPS) is 18.9. The average Bonchev–Trinajstić information content (AvgIpc) is 2.45. The molecule has 0 bridgehead atoms. The lowest BCUT2D eigenvalue weighted by atomic mass is 9.97. The molecule has 0 radical (unpaired) electrons. The summed E-state index contributed by atoms with van der Waals surface area (Å²) in [6, 6.07) is 3.24. The highest BCUT2D eigenvalue weighted by Gasteiger charge is 2.27. The summed E-state index contributed by atoms with van der Waals surface area (Å²) < 4.78 is 0. The zero-order valence-corrected chi connectivity index (χ0v) is 11.8. The van der Waals surface area contributed by atoms with Crippen LogP contribution in [-0.4, -0.2) is 39.5 Å². The minimum absolute atomic E-state index is 0.00280. The van der Waals surface area contributed by atoms with E-state index in [4.69, 9.17) is 16.7 Å². The van der Waals surface area contributed by atoms with Crippen LogP contribution in [0.5, 0.6) is 0 Å². The van der Waals surface area contributed by atoms with E-state index in [0.29, 0.717) is 23.7 Å². The Morgan fingerprint density at radius 1 is 1.40 bits per heavy atom. The van der Waals surface area contributed by atoms with Crippen LogP contribution in [-0.2, 0) is 4.79 Å². The van der Waals surface area contributed by atoms with E-state index in [1.807, 2.05) is 0 Å². The molecular formula is C14H17ClN2O3. The maximum Gasteiger partial charge on any atom is 0.303 e. The number of piperidine rings is 1. The van der Waals surface area contributed by atoms with Crippen molar-refractivity contribution in [3.8, 4) is 0 Å². The molecule has 1 saturated heterocycles. The molecule has 0 aliphatic carbocycles. The number of carboxylic acid groups (broad SMARTS) is 1. The van der Waals surface area contributed by atoms with Crippen LogP contribution in [0.4, 0.5) is 0 Å². The van der Waals surface area contributed by atoms with Gasteiger partial charge in [-0.1, -0.05) is 11.6 Å². The molecule has 5 nitrogen and oxygen atoms in total. The number of carboxylic acids is 1. The van der Waals surface area contributed by atoms with Gasteiger partial charge >= 0.3 is 5.97 Å². The van der Waals surface area contributed by atoms with E-state index >= 15 is 0 Å². The molecule has 2 heterocycles. The molecule has 0 spiro atoms. The molecule has 1 aromatic heterocycles. The summed E-state index contributed by atoms with van der Waals surface area (Å²) in [4.78, 5) is 28.9. The van der Waals surface area contributed by atoms with Gasteiger partial charge in [-0.3, -0.25) is 9.59 Å². The fourth-order valence-corrected chi connectivity index (χ4v) is 2.64. The van der Waals surface area contributed by atoms with E-state index in [1.165, 1.54) is 6.20 Å². The third-order valence-electron chi connectivity index (χ3n) is 3.55. The minimum Gasteiger partial charge on any atom is -0.481 e. The molecule has 1 aliphatic heterocycles. The number of hydrogen-bond acceptors (Lipinski definition) is 3. The summed E-state index contributed by atoms with van der Waals surface area (Å²) in [5.41, 5.74) is 0.497. The van der Waals surface area contributed by atoms with Crippen molar-refractivity contribution in [3.63, 3.8) is 0 Å². The van der Waals surface area contributed by atoms with Gasteiger partial charge in [-0.05, 0) is 37.8 Å². The quantitative estimate of drug-likeness (QED) is 0.867. The highest BCUT2D eigenvalue weighted by Crippen LogP contribution is 2.23. The zero-order chi connectivity index (χ0) is 14.5. The van der Waals surface area contributed by atoms with Crippen LogP contribution >= 0.6 is 11.6 Å². The number of halogens is 1. The third kappa shape index (κ3) is 3.70. The van der Waals surface area contributed by atoms with Crippen molar-refractivity contribution in [3.05, 3.63) is 29.0 Å². The molecule has 1 aromatic rings. The second kappa shape index (κ2) is 6.70. The Labute approximate surface area is 122 Å². The largest absolute Gasteiger partial charge is 0.481 e. The summed E-state index contributed by atoms with van der Waals surface area (Å²) in [7, 11) is 0. The van der Waals surface area contributed by atoms with E-state index in [0.717, 1.165) is 19.3 Å². The molecule has 1 atom stereocenters. The fraction of sp³-hybridized carbons (Fsp3) is 0.500. The van der Waals surface area contributed by atoms with E-state index in [1.54, 1.807) is 17.0 Å². The second-order valence-electron chi connectivity index (χ2n) is 4.95. The number of aromatic nitrogens is 1. The topological polar surface area (TPSA) is 70.5 Å². The van der Waals surface area contributed by atoms with Crippen molar-refractivity contribution >= 4 is 23.5 Å². The van der Waals surface area contributed by atoms with Gasteiger partial charge in [-0.25, -0.2) is 4.98 Å². The van der Waals surface area contributed by atoms with Crippen LogP contribution in [0.15, 0.2) is 18.3 Å². The van der Waals surface area contributed by atoms with E-state index in [9.17, 15) is 9.59 Å². The average molecular weight is 297 g/mol. The summed E-state index contributed by atoms with van der Waals surface area (Å²) in [5.74, 6) is -0.916. The molecule has 1 N–H and O–H groups in total. The molecule has 1 aliphatic rings. The van der Waals surface area contributed by atoms with Crippen LogP contribution in [0.2, 0.25) is 5.15 Å². The number of aliphatic carboxylic acids is 1. The monoisotopic (exact) mass is 296 g/mol. The highest BCUT2D eigenvalue weighted by atomic mass is 35.5. The van der Waals surface area contributed by atoms with Crippen molar-refractivity contribution in [1.82, 2.24) is 9.88 Å². The first-order valence-corrected chi connectivity index (χ1v) is 7.10. The number of amides is 1. The Kier molecular flexibility index (Phi) is 4.95. The first-order valence-electron chi connectivity index (χ1n) is 6.72. The fourth-order valence-electron chi connectivity index (χ4n) is 2.53. The van der Waals surface area contributed by atoms with Crippen LogP contribution in [0, 0.1) is 0 Å². The smallest absolute Gasteiger partial charge is 0.303 e. The van der Waals surface area contributed by atoms with Crippen LogP contribution in [0.3, 0.4) is 0 Å². The van der Waals surface area contributed by atoms with E-state index in [-0.39, 0.29) is 18.4 Å². The first-order chi connectivity index (χ1) is 9.58. The SMILES string of the molecule is O=C(O)CCC1CCCCN1C(=O)c1ccc(Cl)nc1. The number of carbonyl (C=O) groups is 2. The number of hydrogen-bond donors (Lipinski definition) is 1. The summed E-state index contributed by atoms with van der Waals surface area (Å²) in [6.45, 7) is 0.672. The summed E-state index contributed by atoms with van der Waals surface area (Å²) >= 11 is 5.71.